The number of rotatable bonds is 6. The molecule has 7 heteroatoms. The average molecular weight is 345 g/mol. The quantitative estimate of drug-likeness (QED) is 0.830. The number of benzene rings is 2. The zero-order chi connectivity index (χ0) is 17.7. The molecule has 24 heavy (non-hydrogen) atoms. The van der Waals surface area contributed by atoms with Crippen molar-refractivity contribution in [2.75, 3.05) is 17.6 Å². The van der Waals surface area contributed by atoms with Gasteiger partial charge >= 0.3 is 0 Å². The van der Waals surface area contributed by atoms with E-state index in [0.717, 1.165) is 5.56 Å². The molecule has 0 aliphatic carbocycles. The number of nitrogens with zero attached hydrogens (tertiary/aromatic N) is 1. The van der Waals surface area contributed by atoms with Crippen LogP contribution in [0.2, 0.25) is 0 Å². The lowest BCUT2D eigenvalue weighted by Gasteiger charge is -2.17. The number of nitrogens with two attached hydrogens (primary N) is 1. The number of primary amides is 1. The predicted molar refractivity (Wildman–Crippen MR) is 95.0 cm³/mol. The highest BCUT2D eigenvalue weighted by Gasteiger charge is 2.14. The Labute approximate surface area is 143 Å². The van der Waals surface area contributed by atoms with Crippen molar-refractivity contribution < 1.29 is 13.8 Å². The van der Waals surface area contributed by atoms with Crippen LogP contribution in [0, 0.1) is 0 Å². The monoisotopic (exact) mass is 345 g/mol. The van der Waals surface area contributed by atoms with E-state index in [4.69, 9.17) is 5.73 Å². The maximum atomic E-state index is 12.4. The molecule has 0 radical (unpaired) electrons. The Hall–Kier alpha value is -2.67. The van der Waals surface area contributed by atoms with Crippen molar-refractivity contribution in [2.24, 2.45) is 5.73 Å². The second-order valence-corrected chi connectivity index (χ2v) is 6.62. The van der Waals surface area contributed by atoms with Gasteiger partial charge in [0, 0.05) is 31.0 Å². The molecule has 2 aromatic carbocycles. The maximum absolute atomic E-state index is 12.4. The molecular weight excluding hydrogens is 326 g/mol. The number of carbonyl (C=O) groups is 2. The number of amides is 2. The average Bonchev–Trinajstić information content (AvgIpc) is 2.59. The fraction of sp³-hybridized carbons (Fsp3) is 0.176. The third-order valence-electron chi connectivity index (χ3n) is 3.51. The summed E-state index contributed by atoms with van der Waals surface area (Å²) in [5.41, 5.74) is 7.25. The van der Waals surface area contributed by atoms with Crippen molar-refractivity contribution >= 4 is 28.5 Å². The summed E-state index contributed by atoms with van der Waals surface area (Å²) < 4.78 is 13.1. The molecule has 6 nitrogen and oxygen atoms in total. The fourth-order valence-corrected chi connectivity index (χ4v) is 2.50. The van der Waals surface area contributed by atoms with Crippen LogP contribution >= 0.6 is 0 Å². The molecule has 0 heterocycles. The SMILES string of the molecule is CN(c1cc(C(N)=O)cc(C(=O)NCc2ccccc2)c1)S(C)=O. The van der Waals surface area contributed by atoms with Crippen molar-refractivity contribution in [3.05, 3.63) is 65.2 Å². The molecule has 2 aromatic rings. The van der Waals surface area contributed by atoms with Crippen LogP contribution in [0.25, 0.3) is 0 Å². The smallest absolute Gasteiger partial charge is 0.251 e. The topological polar surface area (TPSA) is 92.5 Å². The second kappa shape index (κ2) is 7.74. The number of hydrogen-bond acceptors (Lipinski definition) is 3. The van der Waals surface area contributed by atoms with Crippen molar-refractivity contribution in [1.29, 1.82) is 0 Å². The van der Waals surface area contributed by atoms with Crippen LogP contribution in [0.1, 0.15) is 26.3 Å². The minimum Gasteiger partial charge on any atom is -0.366 e. The number of carbonyl (C=O) groups excluding carboxylic acids is 2. The molecule has 2 rings (SSSR count). The number of anilines is 1. The van der Waals surface area contributed by atoms with Crippen LogP contribution in [0.3, 0.4) is 0 Å². The lowest BCUT2D eigenvalue weighted by atomic mass is 10.1. The molecule has 1 unspecified atom stereocenters. The van der Waals surface area contributed by atoms with Gasteiger partial charge in [0.2, 0.25) is 5.91 Å². The molecule has 0 aliphatic rings. The van der Waals surface area contributed by atoms with E-state index >= 15 is 0 Å². The summed E-state index contributed by atoms with van der Waals surface area (Å²) in [4.78, 5) is 23.9. The van der Waals surface area contributed by atoms with E-state index in [-0.39, 0.29) is 17.0 Å². The summed E-state index contributed by atoms with van der Waals surface area (Å²) in [6.45, 7) is 0.366. The van der Waals surface area contributed by atoms with Crippen LogP contribution in [0.4, 0.5) is 5.69 Å². The standard InChI is InChI=1S/C17H19N3O3S/c1-20(24(2)23)15-9-13(16(18)21)8-14(10-15)17(22)19-11-12-6-4-3-5-7-12/h3-10H,11H2,1-2H3,(H2,18,21)(H,19,22). The highest BCUT2D eigenvalue weighted by atomic mass is 32.2. The molecule has 0 saturated heterocycles. The molecule has 3 N–H and O–H groups in total. The summed E-state index contributed by atoms with van der Waals surface area (Å²) in [5.74, 6) is -0.984. The first-order chi connectivity index (χ1) is 11.4. The van der Waals surface area contributed by atoms with Crippen molar-refractivity contribution in [3.63, 3.8) is 0 Å². The Morgan fingerprint density at radius 1 is 1.12 bits per heavy atom. The van der Waals surface area contributed by atoms with E-state index < -0.39 is 16.9 Å². The van der Waals surface area contributed by atoms with Gasteiger partial charge in [-0.2, -0.15) is 0 Å². The van der Waals surface area contributed by atoms with Crippen LogP contribution in [-0.2, 0) is 17.5 Å². The van der Waals surface area contributed by atoms with Gasteiger partial charge < -0.3 is 11.1 Å². The van der Waals surface area contributed by atoms with Gasteiger partial charge in [0.25, 0.3) is 5.91 Å². The fourth-order valence-electron chi connectivity index (χ4n) is 2.10. The summed E-state index contributed by atoms with van der Waals surface area (Å²) in [5, 5.41) is 2.79. The van der Waals surface area contributed by atoms with Gasteiger partial charge in [-0.25, -0.2) is 4.21 Å². The first kappa shape index (κ1) is 17.7. The summed E-state index contributed by atoms with van der Waals surface area (Å²) in [7, 11) is 0.325. The van der Waals surface area contributed by atoms with E-state index in [9.17, 15) is 13.8 Å². The predicted octanol–water partition coefficient (Wildman–Crippen LogP) is 1.45. The second-order valence-electron chi connectivity index (χ2n) is 5.22. The molecule has 0 bridgehead atoms. The summed E-state index contributed by atoms with van der Waals surface area (Å²) >= 11 is 0. The summed E-state index contributed by atoms with van der Waals surface area (Å²) in [6.07, 6.45) is 1.51. The largest absolute Gasteiger partial charge is 0.366 e. The molecule has 0 spiro atoms. The first-order valence-electron chi connectivity index (χ1n) is 7.23. The lowest BCUT2D eigenvalue weighted by molar-refractivity contribution is 0.0951. The Morgan fingerprint density at radius 2 is 1.75 bits per heavy atom. The number of nitrogens with one attached hydrogen (secondary N) is 1. The van der Waals surface area contributed by atoms with Gasteiger partial charge in [-0.15, -0.1) is 0 Å². The van der Waals surface area contributed by atoms with Gasteiger partial charge in [0.15, 0.2) is 0 Å². The van der Waals surface area contributed by atoms with Crippen molar-refractivity contribution in [3.8, 4) is 0 Å². The zero-order valence-electron chi connectivity index (χ0n) is 13.5. The van der Waals surface area contributed by atoms with Crippen LogP contribution in [-0.4, -0.2) is 29.3 Å². The molecule has 0 aliphatic heterocycles. The van der Waals surface area contributed by atoms with Gasteiger partial charge in [-0.05, 0) is 23.8 Å². The van der Waals surface area contributed by atoms with Crippen molar-refractivity contribution in [1.82, 2.24) is 5.32 Å². The minimum atomic E-state index is -1.29. The highest BCUT2D eigenvalue weighted by molar-refractivity contribution is 7.85. The third-order valence-corrected chi connectivity index (χ3v) is 4.49. The van der Waals surface area contributed by atoms with E-state index in [1.807, 2.05) is 30.3 Å². The van der Waals surface area contributed by atoms with E-state index in [2.05, 4.69) is 5.32 Å². The highest BCUT2D eigenvalue weighted by Crippen LogP contribution is 2.19. The van der Waals surface area contributed by atoms with Gasteiger partial charge in [-0.3, -0.25) is 13.9 Å². The molecule has 0 saturated carbocycles. The van der Waals surface area contributed by atoms with Gasteiger partial charge in [-0.1, -0.05) is 30.3 Å². The third kappa shape index (κ3) is 4.42. The molecule has 126 valence electrons. The Morgan fingerprint density at radius 3 is 2.33 bits per heavy atom. The molecule has 0 aromatic heterocycles. The summed E-state index contributed by atoms with van der Waals surface area (Å²) in [6, 6.07) is 14.0. The maximum Gasteiger partial charge on any atom is 0.251 e. The Bertz CT molecular complexity index is 778. The van der Waals surface area contributed by atoms with E-state index in [0.29, 0.717) is 12.2 Å². The number of hydrogen-bond donors (Lipinski definition) is 2. The normalized spacial score (nSPS) is 11.6. The van der Waals surface area contributed by atoms with Crippen LogP contribution in [0.5, 0.6) is 0 Å². The first-order valence-corrected chi connectivity index (χ1v) is 8.74. The van der Waals surface area contributed by atoms with Gasteiger partial charge in [0.05, 0.1) is 5.69 Å². The molecule has 1 atom stereocenters. The van der Waals surface area contributed by atoms with Crippen molar-refractivity contribution in [2.45, 2.75) is 6.54 Å². The lowest BCUT2D eigenvalue weighted by Crippen LogP contribution is -2.25. The van der Waals surface area contributed by atoms with Crippen LogP contribution < -0.4 is 15.4 Å². The minimum absolute atomic E-state index is 0.190. The zero-order valence-corrected chi connectivity index (χ0v) is 14.3. The molecular formula is C17H19N3O3S. The molecule has 2 amide bonds. The van der Waals surface area contributed by atoms with Crippen LogP contribution in [0.15, 0.2) is 48.5 Å². The van der Waals surface area contributed by atoms with E-state index in [1.54, 1.807) is 13.1 Å². The Kier molecular flexibility index (Phi) is 5.70. The molecule has 0 fully saturated rings. The van der Waals surface area contributed by atoms with Gasteiger partial charge in [0.1, 0.15) is 11.0 Å². The van der Waals surface area contributed by atoms with E-state index in [1.165, 1.54) is 22.7 Å². The Balaban J connectivity index is 2.25.